The second-order valence-corrected chi connectivity index (χ2v) is 4.26. The number of rotatable bonds is 1. The lowest BCUT2D eigenvalue weighted by Crippen LogP contribution is -2.10. The fourth-order valence-corrected chi connectivity index (χ4v) is 2.49. The number of aromatic hydroxyl groups is 1. The summed E-state index contributed by atoms with van der Waals surface area (Å²) in [6, 6.07) is 12.7. The Labute approximate surface area is 104 Å². The van der Waals surface area contributed by atoms with Crippen molar-refractivity contribution in [3.05, 3.63) is 52.7 Å². The third-order valence-electron chi connectivity index (χ3n) is 3.29. The zero-order valence-electron chi connectivity index (χ0n) is 10.1. The Kier molecular flexibility index (Phi) is 2.33. The van der Waals surface area contributed by atoms with Crippen molar-refractivity contribution in [3.8, 4) is 5.75 Å². The molecule has 0 saturated heterocycles. The maximum atomic E-state index is 12.4. The molecule has 0 unspecified atom stereocenters. The van der Waals surface area contributed by atoms with Crippen LogP contribution in [0.2, 0.25) is 0 Å². The number of fused-ring (bicyclic) bond motifs is 2. The van der Waals surface area contributed by atoms with Gasteiger partial charge in [-0.1, -0.05) is 18.2 Å². The van der Waals surface area contributed by atoms with Crippen LogP contribution in [0.25, 0.3) is 21.8 Å². The zero-order valence-corrected chi connectivity index (χ0v) is 10.1. The van der Waals surface area contributed by atoms with Crippen LogP contribution < -0.4 is 5.43 Å². The number of aromatic nitrogens is 1. The zero-order chi connectivity index (χ0) is 12.7. The van der Waals surface area contributed by atoms with Crippen LogP contribution in [0.4, 0.5) is 0 Å². The van der Waals surface area contributed by atoms with E-state index in [-0.39, 0.29) is 11.2 Å². The maximum Gasteiger partial charge on any atom is 0.200 e. The van der Waals surface area contributed by atoms with Gasteiger partial charge in [-0.05, 0) is 31.2 Å². The number of hydrogen-bond donors (Lipinski definition) is 1. The van der Waals surface area contributed by atoms with E-state index in [4.69, 9.17) is 0 Å². The van der Waals surface area contributed by atoms with E-state index < -0.39 is 0 Å². The van der Waals surface area contributed by atoms with Crippen molar-refractivity contribution in [2.45, 2.75) is 13.5 Å². The van der Waals surface area contributed by atoms with Gasteiger partial charge < -0.3 is 9.67 Å². The van der Waals surface area contributed by atoms with Crippen molar-refractivity contribution < 1.29 is 5.11 Å². The number of hydrogen-bond acceptors (Lipinski definition) is 2. The highest BCUT2D eigenvalue weighted by Gasteiger charge is 2.11. The Morgan fingerprint density at radius 1 is 1.06 bits per heavy atom. The molecule has 0 bridgehead atoms. The fourth-order valence-electron chi connectivity index (χ4n) is 2.49. The van der Waals surface area contributed by atoms with E-state index >= 15 is 0 Å². The smallest absolute Gasteiger partial charge is 0.200 e. The van der Waals surface area contributed by atoms with Gasteiger partial charge in [0, 0.05) is 11.9 Å². The van der Waals surface area contributed by atoms with Crippen LogP contribution >= 0.6 is 0 Å². The molecule has 0 aliphatic rings. The number of phenolic OH excluding ortho intramolecular Hbond substituents is 1. The molecule has 3 nitrogen and oxygen atoms in total. The normalized spacial score (nSPS) is 11.2. The van der Waals surface area contributed by atoms with Crippen LogP contribution in [-0.4, -0.2) is 9.67 Å². The summed E-state index contributed by atoms with van der Waals surface area (Å²) in [5.41, 5.74) is 1.58. The summed E-state index contributed by atoms with van der Waals surface area (Å²) in [5, 5.41) is 11.0. The predicted octanol–water partition coefficient (Wildman–Crippen LogP) is 2.88. The molecule has 0 radical (unpaired) electrons. The van der Waals surface area contributed by atoms with Gasteiger partial charge in [-0.3, -0.25) is 4.79 Å². The van der Waals surface area contributed by atoms with Crippen molar-refractivity contribution >= 4 is 21.8 Å². The molecule has 3 heteroatoms. The van der Waals surface area contributed by atoms with E-state index in [1.807, 2.05) is 35.8 Å². The average molecular weight is 239 g/mol. The molecule has 1 heterocycles. The highest BCUT2D eigenvalue weighted by molar-refractivity contribution is 5.96. The van der Waals surface area contributed by atoms with Crippen LogP contribution in [-0.2, 0) is 6.54 Å². The number of benzene rings is 2. The topological polar surface area (TPSA) is 42.2 Å². The Balaban J connectivity index is 2.71. The number of para-hydroxylation sites is 1. The molecule has 3 aromatic rings. The molecular weight excluding hydrogens is 226 g/mol. The first kappa shape index (κ1) is 10.8. The van der Waals surface area contributed by atoms with E-state index in [0.717, 1.165) is 17.6 Å². The maximum absolute atomic E-state index is 12.4. The van der Waals surface area contributed by atoms with Gasteiger partial charge in [0.15, 0.2) is 0 Å². The van der Waals surface area contributed by atoms with Crippen molar-refractivity contribution in [1.82, 2.24) is 4.57 Å². The standard InChI is InChI=1S/C15H13NO2/c1-2-16-11-7-4-3-6-10(11)15(18)14-12(16)8-5-9-13(14)17/h3-9,17H,2H2,1H3. The molecule has 0 aliphatic carbocycles. The van der Waals surface area contributed by atoms with Crippen molar-refractivity contribution in [2.75, 3.05) is 0 Å². The van der Waals surface area contributed by atoms with Gasteiger partial charge in [-0.15, -0.1) is 0 Å². The minimum atomic E-state index is -0.108. The molecule has 0 fully saturated rings. The van der Waals surface area contributed by atoms with Crippen molar-refractivity contribution in [1.29, 1.82) is 0 Å². The van der Waals surface area contributed by atoms with E-state index in [1.54, 1.807) is 18.2 Å². The third kappa shape index (κ3) is 1.34. The molecule has 0 aliphatic heterocycles. The van der Waals surface area contributed by atoms with E-state index in [9.17, 15) is 9.90 Å². The summed E-state index contributed by atoms with van der Waals surface area (Å²) in [7, 11) is 0. The second-order valence-electron chi connectivity index (χ2n) is 4.26. The SMILES string of the molecule is CCn1c2ccccc2c(=O)c2c(O)cccc21. The summed E-state index contributed by atoms with van der Waals surface area (Å²) in [6.07, 6.45) is 0. The van der Waals surface area contributed by atoms with Crippen LogP contribution in [0.5, 0.6) is 5.75 Å². The number of aryl methyl sites for hydroxylation is 1. The monoisotopic (exact) mass is 239 g/mol. The lowest BCUT2D eigenvalue weighted by atomic mass is 10.1. The highest BCUT2D eigenvalue weighted by atomic mass is 16.3. The van der Waals surface area contributed by atoms with Gasteiger partial charge in [0.05, 0.1) is 16.4 Å². The third-order valence-corrected chi connectivity index (χ3v) is 3.29. The largest absolute Gasteiger partial charge is 0.507 e. The summed E-state index contributed by atoms with van der Waals surface area (Å²) in [6.45, 7) is 2.78. The summed E-state index contributed by atoms with van der Waals surface area (Å²) in [4.78, 5) is 12.4. The Morgan fingerprint density at radius 3 is 2.56 bits per heavy atom. The molecule has 2 aromatic carbocycles. The van der Waals surface area contributed by atoms with Gasteiger partial charge in [0.1, 0.15) is 5.75 Å². The summed E-state index contributed by atoms with van der Waals surface area (Å²) >= 11 is 0. The molecule has 90 valence electrons. The molecule has 1 N–H and O–H groups in total. The van der Waals surface area contributed by atoms with Gasteiger partial charge in [-0.25, -0.2) is 0 Å². The van der Waals surface area contributed by atoms with Crippen LogP contribution in [0, 0.1) is 0 Å². The second kappa shape index (κ2) is 3.88. The molecule has 3 rings (SSSR count). The van der Waals surface area contributed by atoms with Crippen LogP contribution in [0.3, 0.4) is 0 Å². The number of pyridine rings is 1. The van der Waals surface area contributed by atoms with Gasteiger partial charge in [0.2, 0.25) is 5.43 Å². The van der Waals surface area contributed by atoms with Crippen molar-refractivity contribution in [3.63, 3.8) is 0 Å². The van der Waals surface area contributed by atoms with E-state index in [1.165, 1.54) is 0 Å². The number of phenols is 1. The van der Waals surface area contributed by atoms with Crippen LogP contribution in [0.1, 0.15) is 6.92 Å². The van der Waals surface area contributed by atoms with Crippen molar-refractivity contribution in [2.24, 2.45) is 0 Å². The Morgan fingerprint density at radius 2 is 1.78 bits per heavy atom. The van der Waals surface area contributed by atoms with E-state index in [0.29, 0.717) is 10.8 Å². The Hall–Kier alpha value is -2.29. The first-order chi connectivity index (χ1) is 8.74. The van der Waals surface area contributed by atoms with Gasteiger partial charge in [-0.2, -0.15) is 0 Å². The predicted molar refractivity (Wildman–Crippen MR) is 73.1 cm³/mol. The summed E-state index contributed by atoms with van der Waals surface area (Å²) < 4.78 is 2.05. The minimum absolute atomic E-state index is 0.0467. The Bertz CT molecular complexity index is 803. The van der Waals surface area contributed by atoms with Crippen LogP contribution in [0.15, 0.2) is 47.3 Å². The number of nitrogens with zero attached hydrogens (tertiary/aromatic N) is 1. The van der Waals surface area contributed by atoms with Gasteiger partial charge >= 0.3 is 0 Å². The van der Waals surface area contributed by atoms with Gasteiger partial charge in [0.25, 0.3) is 0 Å². The minimum Gasteiger partial charge on any atom is -0.507 e. The first-order valence-electron chi connectivity index (χ1n) is 5.97. The molecule has 0 atom stereocenters. The lowest BCUT2D eigenvalue weighted by molar-refractivity contribution is 0.481. The molecule has 1 aromatic heterocycles. The quantitative estimate of drug-likeness (QED) is 0.663. The molecule has 18 heavy (non-hydrogen) atoms. The summed E-state index contributed by atoms with van der Waals surface area (Å²) in [5.74, 6) is 0.0467. The fraction of sp³-hybridized carbons (Fsp3) is 0.133. The molecular formula is C15H13NO2. The van der Waals surface area contributed by atoms with E-state index in [2.05, 4.69) is 0 Å². The molecule has 0 saturated carbocycles. The molecule has 0 amide bonds. The lowest BCUT2D eigenvalue weighted by Gasteiger charge is -2.13. The first-order valence-corrected chi connectivity index (χ1v) is 5.97. The molecule has 0 spiro atoms. The highest BCUT2D eigenvalue weighted by Crippen LogP contribution is 2.25. The average Bonchev–Trinajstić information content (AvgIpc) is 2.39.